The van der Waals surface area contributed by atoms with E-state index in [0.717, 1.165) is 50.0 Å². The van der Waals surface area contributed by atoms with Crippen LogP contribution in [0.2, 0.25) is 0 Å². The first-order valence-electron chi connectivity index (χ1n) is 8.65. The highest BCUT2D eigenvalue weighted by atomic mass is 16.5. The minimum Gasteiger partial charge on any atom is -0.455 e. The van der Waals surface area contributed by atoms with E-state index < -0.39 is 5.97 Å². The first kappa shape index (κ1) is 17.3. The normalized spacial score (nSPS) is 15.2. The SMILES string of the molecule is Cc1nc2ncnn2c(C)c1CC(=O)OCC(=O)N1CCCCCC1. The van der Waals surface area contributed by atoms with Gasteiger partial charge in [-0.2, -0.15) is 10.1 Å². The van der Waals surface area contributed by atoms with Crippen molar-refractivity contribution in [3.05, 3.63) is 23.3 Å². The van der Waals surface area contributed by atoms with Gasteiger partial charge in [-0.05, 0) is 26.7 Å². The highest BCUT2D eigenvalue weighted by molar-refractivity contribution is 5.81. The number of likely N-dealkylation sites (tertiary alicyclic amines) is 1. The van der Waals surface area contributed by atoms with Gasteiger partial charge in [0.25, 0.3) is 11.7 Å². The first-order chi connectivity index (χ1) is 12.1. The number of carbonyl (C=O) groups excluding carboxylic acids is 2. The van der Waals surface area contributed by atoms with E-state index in [9.17, 15) is 9.59 Å². The van der Waals surface area contributed by atoms with Gasteiger partial charge in [-0.3, -0.25) is 9.59 Å². The van der Waals surface area contributed by atoms with Crippen molar-refractivity contribution >= 4 is 17.7 Å². The Balaban J connectivity index is 1.60. The van der Waals surface area contributed by atoms with Crippen LogP contribution in [0.15, 0.2) is 6.33 Å². The third-order valence-corrected chi connectivity index (χ3v) is 4.63. The van der Waals surface area contributed by atoms with Crippen molar-refractivity contribution in [3.63, 3.8) is 0 Å². The molecule has 1 aliphatic heterocycles. The van der Waals surface area contributed by atoms with E-state index in [4.69, 9.17) is 4.74 Å². The van der Waals surface area contributed by atoms with Crippen molar-refractivity contribution in [1.29, 1.82) is 0 Å². The number of aromatic nitrogens is 4. The van der Waals surface area contributed by atoms with Crippen molar-refractivity contribution in [2.24, 2.45) is 0 Å². The summed E-state index contributed by atoms with van der Waals surface area (Å²) in [5, 5.41) is 4.10. The smallest absolute Gasteiger partial charge is 0.310 e. The summed E-state index contributed by atoms with van der Waals surface area (Å²) in [5.74, 6) is -0.0485. The molecule has 0 saturated carbocycles. The number of ether oxygens (including phenoxy) is 1. The summed E-state index contributed by atoms with van der Waals surface area (Å²) in [5.41, 5.74) is 2.27. The lowest BCUT2D eigenvalue weighted by Crippen LogP contribution is -2.35. The van der Waals surface area contributed by atoms with Crippen molar-refractivity contribution in [1.82, 2.24) is 24.5 Å². The molecule has 1 fully saturated rings. The molecule has 0 bridgehead atoms. The Kier molecular flexibility index (Phi) is 5.25. The van der Waals surface area contributed by atoms with Crippen molar-refractivity contribution < 1.29 is 14.3 Å². The van der Waals surface area contributed by atoms with Crippen LogP contribution >= 0.6 is 0 Å². The topological polar surface area (TPSA) is 89.7 Å². The molecule has 1 aliphatic rings. The van der Waals surface area contributed by atoms with Crippen LogP contribution < -0.4 is 0 Å². The second kappa shape index (κ2) is 7.58. The fourth-order valence-electron chi connectivity index (χ4n) is 3.16. The van der Waals surface area contributed by atoms with Gasteiger partial charge in [0.1, 0.15) is 6.33 Å². The number of carbonyl (C=O) groups is 2. The molecule has 0 radical (unpaired) electrons. The monoisotopic (exact) mass is 345 g/mol. The summed E-state index contributed by atoms with van der Waals surface area (Å²) in [7, 11) is 0. The molecule has 1 amide bonds. The number of hydrogen-bond acceptors (Lipinski definition) is 6. The van der Waals surface area contributed by atoms with Gasteiger partial charge >= 0.3 is 5.97 Å². The third-order valence-electron chi connectivity index (χ3n) is 4.63. The lowest BCUT2D eigenvalue weighted by atomic mass is 10.1. The predicted molar refractivity (Wildman–Crippen MR) is 90.0 cm³/mol. The molecular weight excluding hydrogens is 322 g/mol. The standard InChI is InChI=1S/C17H23N5O3/c1-12-14(13(2)22-17(20-12)18-11-19-22)9-16(24)25-10-15(23)21-7-5-3-4-6-8-21/h11H,3-10H2,1-2H3. The Labute approximate surface area is 146 Å². The van der Waals surface area contributed by atoms with Gasteiger partial charge in [0.05, 0.1) is 6.42 Å². The van der Waals surface area contributed by atoms with Crippen molar-refractivity contribution in [2.75, 3.05) is 19.7 Å². The second-order valence-corrected chi connectivity index (χ2v) is 6.37. The molecule has 1 saturated heterocycles. The van der Waals surface area contributed by atoms with Crippen LogP contribution in [0.3, 0.4) is 0 Å². The number of nitrogens with zero attached hydrogens (tertiary/aromatic N) is 5. The minimum atomic E-state index is -0.435. The number of rotatable bonds is 4. The maximum atomic E-state index is 12.2. The predicted octanol–water partition coefficient (Wildman–Crippen LogP) is 1.23. The van der Waals surface area contributed by atoms with Crippen molar-refractivity contribution in [2.45, 2.75) is 46.0 Å². The van der Waals surface area contributed by atoms with Crippen LogP contribution in [0.5, 0.6) is 0 Å². The zero-order valence-corrected chi connectivity index (χ0v) is 14.7. The van der Waals surface area contributed by atoms with E-state index in [2.05, 4.69) is 15.1 Å². The van der Waals surface area contributed by atoms with Crippen LogP contribution in [0, 0.1) is 13.8 Å². The molecule has 2 aromatic heterocycles. The van der Waals surface area contributed by atoms with E-state index >= 15 is 0 Å². The van der Waals surface area contributed by atoms with Crippen LogP contribution in [-0.2, 0) is 20.7 Å². The Hall–Kier alpha value is -2.51. The average Bonchev–Trinajstić information content (AvgIpc) is 2.89. The maximum Gasteiger partial charge on any atom is 0.310 e. The molecule has 8 heteroatoms. The summed E-state index contributed by atoms with van der Waals surface area (Å²) in [6, 6.07) is 0. The van der Waals surface area contributed by atoms with Crippen LogP contribution in [0.4, 0.5) is 0 Å². The quantitative estimate of drug-likeness (QED) is 0.774. The molecule has 8 nitrogen and oxygen atoms in total. The molecule has 134 valence electrons. The van der Waals surface area contributed by atoms with Crippen molar-refractivity contribution in [3.8, 4) is 0 Å². The maximum absolute atomic E-state index is 12.2. The third kappa shape index (κ3) is 3.94. The highest BCUT2D eigenvalue weighted by Crippen LogP contribution is 2.14. The van der Waals surface area contributed by atoms with E-state index in [-0.39, 0.29) is 18.9 Å². The summed E-state index contributed by atoms with van der Waals surface area (Å²) in [4.78, 5) is 34.6. The molecule has 0 atom stereocenters. The number of fused-ring (bicyclic) bond motifs is 1. The largest absolute Gasteiger partial charge is 0.455 e. The highest BCUT2D eigenvalue weighted by Gasteiger charge is 2.19. The fourth-order valence-corrected chi connectivity index (χ4v) is 3.16. The number of aryl methyl sites for hydroxylation is 2. The summed E-state index contributed by atoms with van der Waals surface area (Å²) < 4.78 is 6.80. The number of esters is 1. The Morgan fingerprint density at radius 2 is 1.88 bits per heavy atom. The number of amides is 1. The molecule has 0 spiro atoms. The lowest BCUT2D eigenvalue weighted by Gasteiger charge is -2.20. The summed E-state index contributed by atoms with van der Waals surface area (Å²) in [6.45, 7) is 4.99. The van der Waals surface area contributed by atoms with Gasteiger partial charge in [-0.15, -0.1) is 0 Å². The molecule has 0 N–H and O–H groups in total. The molecule has 0 aromatic carbocycles. The minimum absolute atomic E-state index is 0.0632. The van der Waals surface area contributed by atoms with Gasteiger partial charge < -0.3 is 9.64 Å². The van der Waals surface area contributed by atoms with Crippen LogP contribution in [-0.4, -0.2) is 56.1 Å². The zero-order chi connectivity index (χ0) is 17.8. The Bertz CT molecular complexity index is 778. The van der Waals surface area contributed by atoms with Gasteiger partial charge in [0, 0.05) is 30.0 Å². The first-order valence-corrected chi connectivity index (χ1v) is 8.65. The van der Waals surface area contributed by atoms with Crippen LogP contribution in [0.25, 0.3) is 5.78 Å². The van der Waals surface area contributed by atoms with Gasteiger partial charge in [0.2, 0.25) is 0 Å². The second-order valence-electron chi connectivity index (χ2n) is 6.37. The van der Waals surface area contributed by atoms with Crippen LogP contribution in [0.1, 0.15) is 42.6 Å². The summed E-state index contributed by atoms with van der Waals surface area (Å²) in [6.07, 6.45) is 5.83. The van der Waals surface area contributed by atoms with E-state index in [1.165, 1.54) is 6.33 Å². The molecule has 3 heterocycles. The van der Waals surface area contributed by atoms with Gasteiger partial charge in [-0.1, -0.05) is 12.8 Å². The van der Waals surface area contributed by atoms with Gasteiger partial charge in [-0.25, -0.2) is 9.50 Å². The lowest BCUT2D eigenvalue weighted by molar-refractivity contribution is -0.151. The molecular formula is C17H23N5O3. The molecule has 0 aliphatic carbocycles. The summed E-state index contributed by atoms with van der Waals surface area (Å²) >= 11 is 0. The molecule has 2 aromatic rings. The molecule has 0 unspecified atom stereocenters. The van der Waals surface area contributed by atoms with E-state index in [1.54, 1.807) is 9.42 Å². The molecule has 25 heavy (non-hydrogen) atoms. The van der Waals surface area contributed by atoms with E-state index in [0.29, 0.717) is 11.5 Å². The Morgan fingerprint density at radius 3 is 2.60 bits per heavy atom. The Morgan fingerprint density at radius 1 is 1.16 bits per heavy atom. The number of hydrogen-bond donors (Lipinski definition) is 0. The van der Waals surface area contributed by atoms with E-state index in [1.807, 2.05) is 13.8 Å². The fraction of sp³-hybridized carbons (Fsp3) is 0.588. The zero-order valence-electron chi connectivity index (χ0n) is 14.7. The van der Waals surface area contributed by atoms with Gasteiger partial charge in [0.15, 0.2) is 6.61 Å². The average molecular weight is 345 g/mol. The molecule has 3 rings (SSSR count).